The number of rotatable bonds is 6. The van der Waals surface area contributed by atoms with Gasteiger partial charge in [0.05, 0.1) is 24.1 Å². The Morgan fingerprint density at radius 1 is 1.33 bits per heavy atom. The monoisotopic (exact) mass is 368 g/mol. The fourth-order valence-corrected chi connectivity index (χ4v) is 3.85. The average Bonchev–Trinajstić information content (AvgIpc) is 3.23. The molecule has 0 amide bonds. The van der Waals surface area contributed by atoms with E-state index >= 15 is 0 Å². The average molecular weight is 368 g/mol. The third-order valence-corrected chi connectivity index (χ3v) is 5.74. The molecule has 0 spiro atoms. The molecule has 1 aliphatic rings. The standard InChI is InChI=1S/C21H25FN4O/c1-3-13(2)18(27)11-26-10-16(22)19-20(23-12-24-21(19)26)25-17-9-8-14-6-4-5-7-15(14)17/h4-7,10,12-13,17-18,27H,3,8-9,11H2,1-2H3,(H,23,24,25)/t13-,17+,18+/m1/s1. The van der Waals surface area contributed by atoms with Crippen molar-refractivity contribution in [3.05, 3.63) is 53.7 Å². The number of benzene rings is 1. The van der Waals surface area contributed by atoms with Crippen LogP contribution in [-0.4, -0.2) is 25.7 Å². The molecule has 142 valence electrons. The number of hydrogen-bond acceptors (Lipinski definition) is 4. The van der Waals surface area contributed by atoms with Gasteiger partial charge >= 0.3 is 0 Å². The molecule has 4 rings (SSSR count). The largest absolute Gasteiger partial charge is 0.391 e. The second-order valence-electron chi connectivity index (χ2n) is 7.44. The van der Waals surface area contributed by atoms with Gasteiger partial charge < -0.3 is 15.0 Å². The van der Waals surface area contributed by atoms with Crippen LogP contribution in [0.4, 0.5) is 10.2 Å². The summed E-state index contributed by atoms with van der Waals surface area (Å²) in [7, 11) is 0. The summed E-state index contributed by atoms with van der Waals surface area (Å²) in [6.45, 7) is 4.34. The molecule has 2 heterocycles. The third-order valence-electron chi connectivity index (χ3n) is 5.74. The third kappa shape index (κ3) is 3.30. The van der Waals surface area contributed by atoms with Gasteiger partial charge in [-0.15, -0.1) is 0 Å². The van der Waals surface area contributed by atoms with E-state index in [1.54, 1.807) is 4.57 Å². The lowest BCUT2D eigenvalue weighted by molar-refractivity contribution is 0.0976. The van der Waals surface area contributed by atoms with Crippen LogP contribution < -0.4 is 5.32 Å². The molecular weight excluding hydrogens is 343 g/mol. The van der Waals surface area contributed by atoms with E-state index in [2.05, 4.69) is 27.4 Å². The van der Waals surface area contributed by atoms with Gasteiger partial charge in [0.25, 0.3) is 0 Å². The molecule has 1 aromatic carbocycles. The van der Waals surface area contributed by atoms with Crippen LogP contribution in [0.25, 0.3) is 11.0 Å². The fraction of sp³-hybridized carbons (Fsp3) is 0.429. The maximum absolute atomic E-state index is 14.7. The van der Waals surface area contributed by atoms with Crippen molar-refractivity contribution in [2.75, 3.05) is 5.32 Å². The van der Waals surface area contributed by atoms with Crippen molar-refractivity contribution >= 4 is 16.9 Å². The summed E-state index contributed by atoms with van der Waals surface area (Å²) in [5.41, 5.74) is 3.09. The Hall–Kier alpha value is -2.47. The Bertz CT molecular complexity index is 955. The Balaban J connectivity index is 1.65. The van der Waals surface area contributed by atoms with E-state index in [1.165, 1.54) is 23.7 Å². The molecule has 0 saturated heterocycles. The van der Waals surface area contributed by atoms with Crippen molar-refractivity contribution in [2.24, 2.45) is 5.92 Å². The first-order valence-electron chi connectivity index (χ1n) is 9.60. The van der Waals surface area contributed by atoms with Crippen LogP contribution in [0.15, 0.2) is 36.8 Å². The van der Waals surface area contributed by atoms with Gasteiger partial charge in [0.1, 0.15) is 17.8 Å². The Morgan fingerprint density at radius 3 is 2.96 bits per heavy atom. The Morgan fingerprint density at radius 2 is 2.15 bits per heavy atom. The molecule has 3 aromatic rings. The number of aromatic nitrogens is 3. The van der Waals surface area contributed by atoms with Crippen LogP contribution in [0.2, 0.25) is 0 Å². The van der Waals surface area contributed by atoms with E-state index in [1.807, 2.05) is 26.0 Å². The highest BCUT2D eigenvalue weighted by Gasteiger charge is 2.25. The molecule has 0 saturated carbocycles. The number of nitrogens with one attached hydrogen (secondary N) is 1. The Labute approximate surface area is 158 Å². The zero-order chi connectivity index (χ0) is 19.0. The lowest BCUT2D eigenvalue weighted by Gasteiger charge is -2.18. The lowest BCUT2D eigenvalue weighted by atomic mass is 10.0. The van der Waals surface area contributed by atoms with E-state index in [9.17, 15) is 9.50 Å². The molecule has 27 heavy (non-hydrogen) atoms. The number of halogens is 1. The number of fused-ring (bicyclic) bond motifs is 2. The van der Waals surface area contributed by atoms with Gasteiger partial charge in [-0.05, 0) is 29.9 Å². The van der Waals surface area contributed by atoms with Crippen molar-refractivity contribution in [2.45, 2.75) is 51.8 Å². The first-order valence-corrected chi connectivity index (χ1v) is 9.60. The van der Waals surface area contributed by atoms with Crippen LogP contribution in [0.5, 0.6) is 0 Å². The van der Waals surface area contributed by atoms with E-state index in [0.29, 0.717) is 23.4 Å². The minimum atomic E-state index is -0.543. The van der Waals surface area contributed by atoms with Crippen molar-refractivity contribution in [3.8, 4) is 0 Å². The molecule has 0 radical (unpaired) electrons. The number of nitrogens with zero attached hydrogens (tertiary/aromatic N) is 3. The minimum absolute atomic E-state index is 0.118. The molecule has 2 N–H and O–H groups in total. The summed E-state index contributed by atoms with van der Waals surface area (Å²) in [6.07, 6.45) is 5.16. The highest BCUT2D eigenvalue weighted by atomic mass is 19.1. The number of anilines is 1. The molecule has 5 nitrogen and oxygen atoms in total. The van der Waals surface area contributed by atoms with Crippen LogP contribution in [0.3, 0.4) is 0 Å². The summed E-state index contributed by atoms with van der Waals surface area (Å²) in [4.78, 5) is 8.59. The number of aryl methyl sites for hydroxylation is 1. The second kappa shape index (κ2) is 7.27. The predicted octanol–water partition coefficient (Wildman–Crippen LogP) is 4.08. The summed E-state index contributed by atoms with van der Waals surface area (Å²) >= 11 is 0. The highest BCUT2D eigenvalue weighted by molar-refractivity contribution is 5.88. The van der Waals surface area contributed by atoms with Crippen LogP contribution in [0, 0.1) is 11.7 Å². The van der Waals surface area contributed by atoms with Crippen LogP contribution in [-0.2, 0) is 13.0 Å². The van der Waals surface area contributed by atoms with Gasteiger partial charge in [-0.1, -0.05) is 44.5 Å². The van der Waals surface area contributed by atoms with Gasteiger partial charge in [-0.25, -0.2) is 14.4 Å². The minimum Gasteiger partial charge on any atom is -0.391 e. The van der Waals surface area contributed by atoms with Crippen molar-refractivity contribution in [1.29, 1.82) is 0 Å². The maximum Gasteiger partial charge on any atom is 0.154 e. The van der Waals surface area contributed by atoms with Crippen molar-refractivity contribution in [1.82, 2.24) is 14.5 Å². The molecule has 0 fully saturated rings. The highest BCUT2D eigenvalue weighted by Crippen LogP contribution is 2.35. The fourth-order valence-electron chi connectivity index (χ4n) is 3.85. The van der Waals surface area contributed by atoms with Gasteiger partial charge in [-0.3, -0.25) is 0 Å². The molecule has 6 heteroatoms. The number of aliphatic hydroxyl groups is 1. The summed E-state index contributed by atoms with van der Waals surface area (Å²) in [5, 5.41) is 14.1. The SMILES string of the molecule is CC[C@@H](C)[C@@H](O)Cn1cc(F)c2c(N[C@H]3CCc4ccccc43)ncnc21. The lowest BCUT2D eigenvalue weighted by Crippen LogP contribution is -2.23. The predicted molar refractivity (Wildman–Crippen MR) is 104 cm³/mol. The first-order chi connectivity index (χ1) is 13.1. The quantitative estimate of drug-likeness (QED) is 0.688. The van der Waals surface area contributed by atoms with E-state index in [-0.39, 0.29) is 17.8 Å². The molecule has 2 aromatic heterocycles. The van der Waals surface area contributed by atoms with Gasteiger partial charge in [0, 0.05) is 6.20 Å². The normalized spacial score (nSPS) is 18.4. The topological polar surface area (TPSA) is 63.0 Å². The van der Waals surface area contributed by atoms with E-state index < -0.39 is 6.10 Å². The van der Waals surface area contributed by atoms with Crippen molar-refractivity contribution < 1.29 is 9.50 Å². The molecule has 1 aliphatic carbocycles. The van der Waals surface area contributed by atoms with Gasteiger partial charge in [0.15, 0.2) is 5.82 Å². The zero-order valence-electron chi connectivity index (χ0n) is 15.7. The number of hydrogen-bond donors (Lipinski definition) is 2. The van der Waals surface area contributed by atoms with Gasteiger partial charge in [-0.2, -0.15) is 0 Å². The zero-order valence-corrected chi connectivity index (χ0v) is 15.7. The first kappa shape index (κ1) is 17.9. The summed E-state index contributed by atoms with van der Waals surface area (Å²) in [5.74, 6) is 0.284. The summed E-state index contributed by atoms with van der Waals surface area (Å²) < 4.78 is 16.4. The molecule has 0 aliphatic heterocycles. The van der Waals surface area contributed by atoms with E-state index in [4.69, 9.17) is 0 Å². The number of aliphatic hydroxyl groups excluding tert-OH is 1. The van der Waals surface area contributed by atoms with Crippen LogP contribution >= 0.6 is 0 Å². The van der Waals surface area contributed by atoms with E-state index in [0.717, 1.165) is 19.3 Å². The Kier molecular flexibility index (Phi) is 4.83. The molecule has 0 unspecified atom stereocenters. The summed E-state index contributed by atoms with van der Waals surface area (Å²) in [6, 6.07) is 8.45. The maximum atomic E-state index is 14.7. The van der Waals surface area contributed by atoms with Crippen molar-refractivity contribution in [3.63, 3.8) is 0 Å². The molecule has 3 atom stereocenters. The van der Waals surface area contributed by atoms with Crippen LogP contribution in [0.1, 0.15) is 43.9 Å². The molecular formula is C21H25FN4O. The second-order valence-corrected chi connectivity index (χ2v) is 7.44. The smallest absolute Gasteiger partial charge is 0.154 e. The molecule has 0 bridgehead atoms. The van der Waals surface area contributed by atoms with Gasteiger partial charge in [0.2, 0.25) is 0 Å².